The molecule has 1 atom stereocenters. The van der Waals surface area contributed by atoms with Crippen LogP contribution >= 0.6 is 11.6 Å². The van der Waals surface area contributed by atoms with E-state index in [-0.39, 0.29) is 5.91 Å². The van der Waals surface area contributed by atoms with Crippen LogP contribution in [0.2, 0.25) is 5.15 Å². The van der Waals surface area contributed by atoms with Crippen molar-refractivity contribution in [3.05, 3.63) is 47.1 Å². The zero-order valence-corrected chi connectivity index (χ0v) is 13.7. The smallest absolute Gasteiger partial charge is 0.223 e. The standard InChI is InChI=1S/C17H20ClN3O2/c18-16-12-15(23-20-16)5-6-17(22)21-11-1-2-14(21)4-3-13-7-9-19-10-8-13/h7-10,12,14H,1-6,11H2/t14-/m0/s1. The van der Waals surface area contributed by atoms with Crippen LogP contribution in [0.3, 0.4) is 0 Å². The second-order valence-corrected chi connectivity index (χ2v) is 6.28. The molecule has 0 bridgehead atoms. The van der Waals surface area contributed by atoms with E-state index in [2.05, 4.69) is 10.1 Å². The number of aryl methyl sites for hydroxylation is 2. The van der Waals surface area contributed by atoms with Crippen molar-refractivity contribution >= 4 is 17.5 Å². The average molecular weight is 334 g/mol. The summed E-state index contributed by atoms with van der Waals surface area (Å²) in [5.41, 5.74) is 1.27. The van der Waals surface area contributed by atoms with E-state index >= 15 is 0 Å². The fraction of sp³-hybridized carbons (Fsp3) is 0.471. The van der Waals surface area contributed by atoms with E-state index in [1.54, 1.807) is 6.07 Å². The first-order chi connectivity index (χ1) is 11.2. The van der Waals surface area contributed by atoms with Crippen molar-refractivity contribution in [2.24, 2.45) is 0 Å². The SMILES string of the molecule is O=C(CCc1cc(Cl)no1)N1CCC[C@H]1CCc1ccncc1. The lowest BCUT2D eigenvalue weighted by Gasteiger charge is -2.24. The molecule has 0 unspecified atom stereocenters. The minimum absolute atomic E-state index is 0.190. The number of carbonyl (C=O) groups is 1. The van der Waals surface area contributed by atoms with Crippen molar-refractivity contribution in [1.29, 1.82) is 0 Å². The fourth-order valence-electron chi connectivity index (χ4n) is 3.13. The van der Waals surface area contributed by atoms with Gasteiger partial charge in [-0.15, -0.1) is 0 Å². The lowest BCUT2D eigenvalue weighted by molar-refractivity contribution is -0.132. The number of hydrogen-bond acceptors (Lipinski definition) is 4. The topological polar surface area (TPSA) is 59.2 Å². The van der Waals surface area contributed by atoms with Crippen molar-refractivity contribution in [1.82, 2.24) is 15.0 Å². The van der Waals surface area contributed by atoms with Crippen LogP contribution in [0.5, 0.6) is 0 Å². The van der Waals surface area contributed by atoms with Crippen molar-refractivity contribution in [3.8, 4) is 0 Å². The van der Waals surface area contributed by atoms with E-state index in [0.717, 1.165) is 32.2 Å². The molecule has 1 saturated heterocycles. The second-order valence-electron chi connectivity index (χ2n) is 5.89. The number of rotatable bonds is 6. The molecule has 122 valence electrons. The Kier molecular flexibility index (Phi) is 5.28. The molecule has 23 heavy (non-hydrogen) atoms. The highest BCUT2D eigenvalue weighted by atomic mass is 35.5. The highest BCUT2D eigenvalue weighted by Crippen LogP contribution is 2.23. The van der Waals surface area contributed by atoms with Crippen LogP contribution in [0.4, 0.5) is 0 Å². The molecule has 0 radical (unpaired) electrons. The third-order valence-electron chi connectivity index (χ3n) is 4.33. The Bertz CT molecular complexity index is 644. The summed E-state index contributed by atoms with van der Waals surface area (Å²) in [5, 5.41) is 3.97. The Labute approximate surface area is 140 Å². The Hall–Kier alpha value is -1.88. The molecule has 1 fully saturated rings. The summed E-state index contributed by atoms with van der Waals surface area (Å²) in [6.07, 6.45) is 8.78. The molecule has 3 heterocycles. The number of hydrogen-bond donors (Lipinski definition) is 0. The first-order valence-electron chi connectivity index (χ1n) is 8.02. The molecule has 0 spiro atoms. The monoisotopic (exact) mass is 333 g/mol. The number of amides is 1. The normalized spacial score (nSPS) is 17.6. The van der Waals surface area contributed by atoms with E-state index in [4.69, 9.17) is 16.1 Å². The molecule has 6 heteroatoms. The van der Waals surface area contributed by atoms with Gasteiger partial charge in [0.25, 0.3) is 0 Å². The van der Waals surface area contributed by atoms with Crippen LogP contribution < -0.4 is 0 Å². The van der Waals surface area contributed by atoms with Crippen LogP contribution in [0.25, 0.3) is 0 Å². The van der Waals surface area contributed by atoms with Crippen LogP contribution in [-0.4, -0.2) is 33.5 Å². The van der Waals surface area contributed by atoms with Gasteiger partial charge in [-0.1, -0.05) is 16.8 Å². The van der Waals surface area contributed by atoms with Gasteiger partial charge in [-0.05, 0) is 43.4 Å². The molecule has 1 aliphatic heterocycles. The molecule has 0 N–H and O–H groups in total. The van der Waals surface area contributed by atoms with E-state index in [0.29, 0.717) is 29.8 Å². The zero-order valence-electron chi connectivity index (χ0n) is 12.9. The average Bonchev–Trinajstić information content (AvgIpc) is 3.20. The highest BCUT2D eigenvalue weighted by Gasteiger charge is 2.28. The van der Waals surface area contributed by atoms with Crippen molar-refractivity contribution in [2.75, 3.05) is 6.54 Å². The number of halogens is 1. The van der Waals surface area contributed by atoms with Gasteiger partial charge in [0.05, 0.1) is 0 Å². The number of carbonyl (C=O) groups excluding carboxylic acids is 1. The molecule has 1 amide bonds. The van der Waals surface area contributed by atoms with Crippen LogP contribution in [0.15, 0.2) is 35.1 Å². The first kappa shape index (κ1) is 16.0. The Morgan fingerprint density at radius 3 is 2.91 bits per heavy atom. The molecule has 2 aromatic heterocycles. The van der Waals surface area contributed by atoms with Gasteiger partial charge in [-0.25, -0.2) is 0 Å². The Balaban J connectivity index is 1.50. The van der Waals surface area contributed by atoms with E-state index in [1.165, 1.54) is 5.56 Å². The van der Waals surface area contributed by atoms with Crippen LogP contribution in [0, 0.1) is 0 Å². The van der Waals surface area contributed by atoms with Crippen molar-refractivity contribution in [3.63, 3.8) is 0 Å². The zero-order chi connectivity index (χ0) is 16.1. The van der Waals surface area contributed by atoms with E-state index in [1.807, 2.05) is 29.4 Å². The lowest BCUT2D eigenvalue weighted by Crippen LogP contribution is -2.35. The Morgan fingerprint density at radius 1 is 1.35 bits per heavy atom. The number of pyridine rings is 1. The summed E-state index contributed by atoms with van der Waals surface area (Å²) in [7, 11) is 0. The van der Waals surface area contributed by atoms with Gasteiger partial charge in [0.15, 0.2) is 5.15 Å². The van der Waals surface area contributed by atoms with E-state index < -0.39 is 0 Å². The maximum Gasteiger partial charge on any atom is 0.223 e. The van der Waals surface area contributed by atoms with Crippen LogP contribution in [0.1, 0.15) is 37.0 Å². The molecule has 0 aromatic carbocycles. The predicted octanol–water partition coefficient (Wildman–Crippen LogP) is 3.28. The largest absolute Gasteiger partial charge is 0.360 e. The van der Waals surface area contributed by atoms with Gasteiger partial charge in [0, 0.05) is 43.9 Å². The fourth-order valence-corrected chi connectivity index (χ4v) is 3.28. The summed E-state index contributed by atoms with van der Waals surface area (Å²) >= 11 is 5.72. The third kappa shape index (κ3) is 4.32. The molecule has 3 rings (SSSR count). The summed E-state index contributed by atoms with van der Waals surface area (Å²) in [5.74, 6) is 0.852. The summed E-state index contributed by atoms with van der Waals surface area (Å²) in [6, 6.07) is 6.08. The Morgan fingerprint density at radius 2 is 2.17 bits per heavy atom. The highest BCUT2D eigenvalue weighted by molar-refractivity contribution is 6.29. The first-order valence-corrected chi connectivity index (χ1v) is 8.39. The van der Waals surface area contributed by atoms with Crippen molar-refractivity contribution < 1.29 is 9.32 Å². The molecule has 1 aliphatic rings. The quantitative estimate of drug-likeness (QED) is 0.814. The van der Waals surface area contributed by atoms with Gasteiger partial charge in [0.2, 0.25) is 5.91 Å². The lowest BCUT2D eigenvalue weighted by atomic mass is 10.0. The molecule has 5 nitrogen and oxygen atoms in total. The molecule has 2 aromatic rings. The van der Waals surface area contributed by atoms with Gasteiger partial charge in [-0.2, -0.15) is 0 Å². The third-order valence-corrected chi connectivity index (χ3v) is 4.51. The maximum absolute atomic E-state index is 12.5. The van der Waals surface area contributed by atoms with E-state index in [9.17, 15) is 4.79 Å². The van der Waals surface area contributed by atoms with Gasteiger partial charge in [-0.3, -0.25) is 9.78 Å². The van der Waals surface area contributed by atoms with Gasteiger partial charge in [0.1, 0.15) is 5.76 Å². The summed E-state index contributed by atoms with van der Waals surface area (Å²) in [4.78, 5) is 18.5. The second kappa shape index (κ2) is 7.59. The predicted molar refractivity (Wildman–Crippen MR) is 87.1 cm³/mol. The molecular weight excluding hydrogens is 314 g/mol. The molecular formula is C17H20ClN3O2. The molecule has 0 saturated carbocycles. The minimum atomic E-state index is 0.190. The maximum atomic E-state index is 12.5. The number of likely N-dealkylation sites (tertiary alicyclic amines) is 1. The molecule has 0 aliphatic carbocycles. The summed E-state index contributed by atoms with van der Waals surface area (Å²) < 4.78 is 5.05. The summed E-state index contributed by atoms with van der Waals surface area (Å²) in [6.45, 7) is 0.858. The van der Waals surface area contributed by atoms with Crippen molar-refractivity contribution in [2.45, 2.75) is 44.6 Å². The van der Waals surface area contributed by atoms with Crippen LogP contribution in [-0.2, 0) is 17.6 Å². The number of aromatic nitrogens is 2. The van der Waals surface area contributed by atoms with Gasteiger partial charge >= 0.3 is 0 Å². The van der Waals surface area contributed by atoms with Gasteiger partial charge < -0.3 is 9.42 Å². The number of nitrogens with zero attached hydrogens (tertiary/aromatic N) is 3. The minimum Gasteiger partial charge on any atom is -0.360 e.